The molecule has 188 valence electrons. The molecular weight excluding hydrogens is 482 g/mol. The monoisotopic (exact) mass is 511 g/mol. The number of aryl methyl sites for hydroxylation is 1. The van der Waals surface area contributed by atoms with Gasteiger partial charge in [0.15, 0.2) is 0 Å². The lowest BCUT2D eigenvalue weighted by molar-refractivity contribution is 0.0772. The van der Waals surface area contributed by atoms with Gasteiger partial charge in [-0.05, 0) is 41.1 Å². The van der Waals surface area contributed by atoms with Crippen LogP contribution in [0.4, 0.5) is 5.82 Å². The summed E-state index contributed by atoms with van der Waals surface area (Å²) >= 11 is 1.50. The van der Waals surface area contributed by atoms with Gasteiger partial charge in [-0.2, -0.15) is 4.98 Å². The number of anilines is 1. The number of thiophene rings is 1. The first-order chi connectivity index (χ1) is 18.2. The molecule has 7 nitrogen and oxygen atoms in total. The van der Waals surface area contributed by atoms with Crippen LogP contribution in [0.2, 0.25) is 0 Å². The Labute approximate surface area is 219 Å². The van der Waals surface area contributed by atoms with Gasteiger partial charge < -0.3 is 14.3 Å². The Morgan fingerprint density at radius 1 is 1.00 bits per heavy atom. The van der Waals surface area contributed by atoms with E-state index < -0.39 is 0 Å². The Morgan fingerprint density at radius 3 is 2.73 bits per heavy atom. The SMILES string of the molecule is CCCCc1nc(N2CCCN(C(=O)c3cccs3)CC2)c2c(-c3ccc4ccccc4c3)noc2n1. The van der Waals surface area contributed by atoms with Crippen LogP contribution in [0.1, 0.15) is 41.7 Å². The van der Waals surface area contributed by atoms with Crippen molar-refractivity contribution in [2.45, 2.75) is 32.6 Å². The fourth-order valence-corrected chi connectivity index (χ4v) is 5.67. The van der Waals surface area contributed by atoms with Crippen molar-refractivity contribution in [3.63, 3.8) is 0 Å². The van der Waals surface area contributed by atoms with Gasteiger partial charge in [0.05, 0.1) is 4.88 Å². The largest absolute Gasteiger partial charge is 0.354 e. The van der Waals surface area contributed by atoms with E-state index in [0.717, 1.165) is 77.3 Å². The molecule has 8 heteroatoms. The van der Waals surface area contributed by atoms with Gasteiger partial charge >= 0.3 is 0 Å². The summed E-state index contributed by atoms with van der Waals surface area (Å²) < 4.78 is 5.82. The molecule has 2 aromatic carbocycles. The molecule has 0 N–H and O–H groups in total. The third kappa shape index (κ3) is 4.69. The summed E-state index contributed by atoms with van der Waals surface area (Å²) in [5.41, 5.74) is 2.26. The molecule has 1 fully saturated rings. The van der Waals surface area contributed by atoms with Crippen LogP contribution in [0.5, 0.6) is 0 Å². The second kappa shape index (κ2) is 10.3. The van der Waals surface area contributed by atoms with Gasteiger partial charge in [0, 0.05) is 38.2 Å². The second-order valence-corrected chi connectivity index (χ2v) is 10.4. The number of hydrogen-bond donors (Lipinski definition) is 0. The van der Waals surface area contributed by atoms with E-state index in [9.17, 15) is 4.79 Å². The Balaban J connectivity index is 1.39. The molecule has 0 aliphatic carbocycles. The predicted molar refractivity (Wildman–Crippen MR) is 148 cm³/mol. The average molecular weight is 512 g/mol. The van der Waals surface area contributed by atoms with E-state index in [-0.39, 0.29) is 5.91 Å². The number of nitrogens with zero attached hydrogens (tertiary/aromatic N) is 5. The van der Waals surface area contributed by atoms with Crippen molar-refractivity contribution < 1.29 is 9.32 Å². The maximum Gasteiger partial charge on any atom is 0.263 e. The summed E-state index contributed by atoms with van der Waals surface area (Å²) in [6.07, 6.45) is 3.74. The highest BCUT2D eigenvalue weighted by Gasteiger charge is 2.26. The highest BCUT2D eigenvalue weighted by Crippen LogP contribution is 2.35. The average Bonchev–Trinajstić information content (AvgIpc) is 3.56. The fourth-order valence-electron chi connectivity index (χ4n) is 4.98. The van der Waals surface area contributed by atoms with Crippen LogP contribution in [0, 0.1) is 0 Å². The molecular formula is C29H29N5O2S. The molecule has 0 radical (unpaired) electrons. The van der Waals surface area contributed by atoms with Gasteiger partial charge in [-0.1, -0.05) is 61.0 Å². The first-order valence-corrected chi connectivity index (χ1v) is 13.8. The third-order valence-corrected chi connectivity index (χ3v) is 7.81. The van der Waals surface area contributed by atoms with Gasteiger partial charge in [-0.3, -0.25) is 4.79 Å². The maximum atomic E-state index is 13.0. The summed E-state index contributed by atoms with van der Waals surface area (Å²) in [5.74, 6) is 1.74. The molecule has 0 saturated carbocycles. The first kappa shape index (κ1) is 23.6. The Hall–Kier alpha value is -3.78. The van der Waals surface area contributed by atoms with E-state index in [0.29, 0.717) is 18.8 Å². The Kier molecular flexibility index (Phi) is 6.57. The van der Waals surface area contributed by atoms with Gasteiger partial charge in [-0.15, -0.1) is 11.3 Å². The Bertz CT molecular complexity index is 1550. The van der Waals surface area contributed by atoms with E-state index in [2.05, 4.69) is 47.3 Å². The molecule has 0 unspecified atom stereocenters. The zero-order valence-corrected chi connectivity index (χ0v) is 21.7. The molecule has 0 atom stereocenters. The predicted octanol–water partition coefficient (Wildman–Crippen LogP) is 6.19. The summed E-state index contributed by atoms with van der Waals surface area (Å²) in [5, 5.41) is 9.60. The molecule has 1 aliphatic rings. The smallest absolute Gasteiger partial charge is 0.263 e. The highest BCUT2D eigenvalue weighted by molar-refractivity contribution is 7.12. The van der Waals surface area contributed by atoms with Crippen molar-refractivity contribution in [3.8, 4) is 11.3 Å². The van der Waals surface area contributed by atoms with Crippen LogP contribution in [0.25, 0.3) is 33.1 Å². The van der Waals surface area contributed by atoms with Crippen LogP contribution < -0.4 is 4.90 Å². The lowest BCUT2D eigenvalue weighted by Crippen LogP contribution is -2.35. The lowest BCUT2D eigenvalue weighted by atomic mass is 10.0. The van der Waals surface area contributed by atoms with Crippen molar-refractivity contribution in [1.82, 2.24) is 20.0 Å². The summed E-state index contributed by atoms with van der Waals surface area (Å²) in [7, 11) is 0. The minimum Gasteiger partial charge on any atom is -0.354 e. The quantitative estimate of drug-likeness (QED) is 0.270. The zero-order valence-electron chi connectivity index (χ0n) is 20.9. The van der Waals surface area contributed by atoms with Crippen LogP contribution in [0.15, 0.2) is 64.5 Å². The van der Waals surface area contributed by atoms with Gasteiger partial charge in [-0.25, -0.2) is 4.98 Å². The number of benzene rings is 2. The van der Waals surface area contributed by atoms with Crippen LogP contribution in [0.3, 0.4) is 0 Å². The molecule has 6 rings (SSSR count). The molecule has 0 bridgehead atoms. The number of rotatable bonds is 6. The van der Waals surface area contributed by atoms with E-state index in [1.807, 2.05) is 34.5 Å². The number of aromatic nitrogens is 3. The number of fused-ring (bicyclic) bond motifs is 2. The molecule has 0 spiro atoms. The topological polar surface area (TPSA) is 75.4 Å². The standard InChI is InChI=1S/C29H29N5O2S/c1-2-3-11-24-30-27(33-14-7-15-34(17-16-33)29(35)23-10-6-18-37-23)25-26(32-36-28(25)31-24)22-13-12-20-8-4-5-9-21(20)19-22/h4-6,8-10,12-13,18-19H,2-3,7,11,14-17H2,1H3. The zero-order chi connectivity index (χ0) is 25.2. The summed E-state index contributed by atoms with van der Waals surface area (Å²) in [6, 6.07) is 18.5. The van der Waals surface area contributed by atoms with Gasteiger partial charge in [0.25, 0.3) is 11.6 Å². The minimum absolute atomic E-state index is 0.107. The van der Waals surface area contributed by atoms with Crippen molar-refractivity contribution in [3.05, 3.63) is 70.7 Å². The molecule has 1 amide bonds. The lowest BCUT2D eigenvalue weighted by Gasteiger charge is -2.23. The Morgan fingerprint density at radius 2 is 1.89 bits per heavy atom. The van der Waals surface area contributed by atoms with E-state index in [4.69, 9.17) is 14.5 Å². The van der Waals surface area contributed by atoms with E-state index >= 15 is 0 Å². The minimum atomic E-state index is 0.107. The van der Waals surface area contributed by atoms with Gasteiger partial charge in [0.2, 0.25) is 0 Å². The molecule has 5 aromatic rings. The number of carbonyl (C=O) groups is 1. The molecule has 1 saturated heterocycles. The molecule has 4 heterocycles. The number of unbranched alkanes of at least 4 members (excludes halogenated alkanes) is 1. The molecule has 37 heavy (non-hydrogen) atoms. The molecule has 1 aliphatic heterocycles. The van der Waals surface area contributed by atoms with E-state index in [1.165, 1.54) is 16.7 Å². The first-order valence-electron chi connectivity index (χ1n) is 12.9. The van der Waals surface area contributed by atoms with E-state index in [1.54, 1.807) is 0 Å². The van der Waals surface area contributed by atoms with Crippen molar-refractivity contribution >= 4 is 44.9 Å². The number of carbonyl (C=O) groups excluding carboxylic acids is 1. The normalized spacial score (nSPS) is 14.4. The second-order valence-electron chi connectivity index (χ2n) is 9.45. The van der Waals surface area contributed by atoms with Crippen LogP contribution in [-0.2, 0) is 6.42 Å². The summed E-state index contributed by atoms with van der Waals surface area (Å²) in [4.78, 5) is 27.8. The van der Waals surface area contributed by atoms with Crippen molar-refractivity contribution in [2.75, 3.05) is 31.1 Å². The van der Waals surface area contributed by atoms with Crippen molar-refractivity contribution in [1.29, 1.82) is 0 Å². The maximum absolute atomic E-state index is 13.0. The van der Waals surface area contributed by atoms with Crippen LogP contribution >= 0.6 is 11.3 Å². The number of amides is 1. The fraction of sp³-hybridized carbons (Fsp3) is 0.310. The molecule has 3 aromatic heterocycles. The van der Waals surface area contributed by atoms with Crippen LogP contribution in [-0.4, -0.2) is 52.1 Å². The summed E-state index contributed by atoms with van der Waals surface area (Å²) in [6.45, 7) is 5.03. The highest BCUT2D eigenvalue weighted by atomic mass is 32.1. The third-order valence-electron chi connectivity index (χ3n) is 6.95. The van der Waals surface area contributed by atoms with Gasteiger partial charge in [0.1, 0.15) is 22.7 Å². The number of hydrogen-bond acceptors (Lipinski definition) is 7. The van der Waals surface area contributed by atoms with Crippen molar-refractivity contribution in [2.24, 2.45) is 0 Å².